The van der Waals surface area contributed by atoms with Crippen LogP contribution < -0.4 is 5.32 Å². The minimum Gasteiger partial charge on any atom is -0.313 e. The zero-order valence-corrected chi connectivity index (χ0v) is 4.16. The lowest BCUT2D eigenvalue weighted by molar-refractivity contribution is 0.409. The van der Waals surface area contributed by atoms with E-state index in [-0.39, 0.29) is 6.02 Å². The predicted molar refractivity (Wildman–Crippen MR) is 29.5 cm³/mol. The third-order valence-corrected chi connectivity index (χ3v) is 0.692. The molecule has 8 heavy (non-hydrogen) atoms. The second-order valence-corrected chi connectivity index (χ2v) is 1.28. The minimum absolute atomic E-state index is 0.324. The molecule has 0 fully saturated rings. The second kappa shape index (κ2) is 2.16. The zero-order chi connectivity index (χ0) is 5.82. The molecule has 0 aromatic heterocycles. The van der Waals surface area contributed by atoms with Gasteiger partial charge < -0.3 is 5.32 Å². The number of nitrogens with zero attached hydrogens (tertiary/aromatic N) is 1. The van der Waals surface area contributed by atoms with Gasteiger partial charge in [0.2, 0.25) is 0 Å². The Bertz CT molecular complexity index is 158. The van der Waals surface area contributed by atoms with Crippen LogP contribution in [-0.2, 0) is 5.11 Å². The van der Waals surface area contributed by atoms with Crippen LogP contribution in [0.15, 0.2) is 29.5 Å². The molecule has 0 saturated heterocycles. The first-order valence-electron chi connectivity index (χ1n) is 2.22. The van der Waals surface area contributed by atoms with Gasteiger partial charge in [-0.25, -0.2) is 10.1 Å². The van der Waals surface area contributed by atoms with Gasteiger partial charge in [0.1, 0.15) is 0 Å². The van der Waals surface area contributed by atoms with Gasteiger partial charge in [0.05, 0.1) is 0 Å². The van der Waals surface area contributed by atoms with Crippen LogP contribution in [0.25, 0.3) is 0 Å². The number of rotatable bonds is 0. The quantitative estimate of drug-likeness (QED) is 0.481. The lowest BCUT2D eigenvalue weighted by Gasteiger charge is -1.85. The van der Waals surface area contributed by atoms with Crippen molar-refractivity contribution in [1.82, 2.24) is 5.32 Å². The summed E-state index contributed by atoms with van der Waals surface area (Å²) in [7, 11) is 0. The Hall–Kier alpha value is -1.25. The van der Waals surface area contributed by atoms with E-state index in [0.717, 1.165) is 0 Å². The van der Waals surface area contributed by atoms with Crippen molar-refractivity contribution in [3.05, 3.63) is 24.6 Å². The van der Waals surface area contributed by atoms with Gasteiger partial charge >= 0.3 is 6.02 Å². The van der Waals surface area contributed by atoms with Crippen LogP contribution in [0, 0.1) is 0 Å². The van der Waals surface area contributed by atoms with E-state index in [4.69, 9.17) is 0 Å². The molecule has 41 valence electrons. The molecule has 0 bridgehead atoms. The number of hydrogen-bond donors (Lipinski definition) is 1. The van der Waals surface area contributed by atoms with Crippen LogP contribution in [0.5, 0.6) is 0 Å². The standard InChI is InChI=1S/C5H5N2O/c8-5-6-3-1-2-4-7-5/h1-4H,(H,6,7). The van der Waals surface area contributed by atoms with E-state index in [1.54, 1.807) is 12.2 Å². The highest BCUT2D eigenvalue weighted by molar-refractivity contribution is 5.72. The summed E-state index contributed by atoms with van der Waals surface area (Å²) in [6.07, 6.45) is 6.36. The van der Waals surface area contributed by atoms with Gasteiger partial charge in [-0.3, -0.25) is 0 Å². The van der Waals surface area contributed by atoms with Crippen molar-refractivity contribution in [2.45, 2.75) is 0 Å². The number of hydrogen-bond acceptors (Lipinski definition) is 2. The molecule has 0 saturated carbocycles. The molecule has 0 amide bonds. The average molecular weight is 109 g/mol. The summed E-state index contributed by atoms with van der Waals surface area (Å²) < 4.78 is 0. The van der Waals surface area contributed by atoms with Crippen LogP contribution in [0.3, 0.4) is 0 Å². The van der Waals surface area contributed by atoms with E-state index >= 15 is 0 Å². The molecule has 0 aromatic rings. The number of allylic oxidation sites excluding steroid dienone is 2. The van der Waals surface area contributed by atoms with E-state index in [1.165, 1.54) is 12.4 Å². The molecule has 0 aromatic carbocycles. The lowest BCUT2D eigenvalue weighted by Crippen LogP contribution is -2.12. The second-order valence-electron chi connectivity index (χ2n) is 1.28. The SMILES string of the molecule is [O]C1=NC=CC=CN1. The highest BCUT2D eigenvalue weighted by Gasteiger charge is 1.89. The van der Waals surface area contributed by atoms with Gasteiger partial charge in [-0.05, 0) is 12.2 Å². The smallest absolute Gasteiger partial charge is 0.313 e. The van der Waals surface area contributed by atoms with Crippen molar-refractivity contribution < 1.29 is 5.11 Å². The molecule has 1 aliphatic rings. The van der Waals surface area contributed by atoms with Gasteiger partial charge in [0.15, 0.2) is 0 Å². The Kier molecular flexibility index (Phi) is 1.32. The number of aliphatic imine (C=N–C) groups is 1. The van der Waals surface area contributed by atoms with Crippen LogP contribution >= 0.6 is 0 Å². The molecule has 0 spiro atoms. The Morgan fingerprint density at radius 2 is 2.38 bits per heavy atom. The third-order valence-electron chi connectivity index (χ3n) is 0.692. The predicted octanol–water partition coefficient (Wildman–Crippen LogP) is 0.403. The Morgan fingerprint density at radius 1 is 1.50 bits per heavy atom. The van der Waals surface area contributed by atoms with Crippen molar-refractivity contribution in [3.63, 3.8) is 0 Å². The molecular weight excluding hydrogens is 104 g/mol. The van der Waals surface area contributed by atoms with Gasteiger partial charge in [-0.2, -0.15) is 0 Å². The van der Waals surface area contributed by atoms with Crippen molar-refractivity contribution in [1.29, 1.82) is 0 Å². The lowest BCUT2D eigenvalue weighted by atomic mass is 10.6. The highest BCUT2D eigenvalue weighted by Crippen LogP contribution is 1.82. The van der Waals surface area contributed by atoms with Crippen LogP contribution in [0.2, 0.25) is 0 Å². The van der Waals surface area contributed by atoms with E-state index < -0.39 is 0 Å². The maximum absolute atomic E-state index is 10.3. The van der Waals surface area contributed by atoms with Crippen molar-refractivity contribution in [2.75, 3.05) is 0 Å². The molecule has 1 radical (unpaired) electrons. The van der Waals surface area contributed by atoms with Gasteiger partial charge in [0, 0.05) is 12.4 Å². The van der Waals surface area contributed by atoms with Crippen LogP contribution in [-0.4, -0.2) is 6.02 Å². The summed E-state index contributed by atoms with van der Waals surface area (Å²) in [5.74, 6) is 0. The maximum Gasteiger partial charge on any atom is 0.344 e. The van der Waals surface area contributed by atoms with E-state index in [0.29, 0.717) is 0 Å². The van der Waals surface area contributed by atoms with Gasteiger partial charge in [-0.1, -0.05) is 0 Å². The molecule has 1 N–H and O–H groups in total. The summed E-state index contributed by atoms with van der Waals surface area (Å²) in [5.41, 5.74) is 0. The highest BCUT2D eigenvalue weighted by atomic mass is 16.3. The van der Waals surface area contributed by atoms with E-state index in [9.17, 15) is 5.11 Å². The Balaban J connectivity index is 2.69. The molecule has 1 heterocycles. The Morgan fingerprint density at radius 3 is 3.25 bits per heavy atom. The maximum atomic E-state index is 10.3. The van der Waals surface area contributed by atoms with Crippen molar-refractivity contribution in [2.24, 2.45) is 4.99 Å². The molecule has 0 atom stereocenters. The summed E-state index contributed by atoms with van der Waals surface area (Å²) in [6, 6.07) is -0.324. The fourth-order valence-electron chi connectivity index (χ4n) is 0.373. The first kappa shape index (κ1) is 4.90. The number of amidine groups is 1. The molecular formula is C5H5N2O. The monoisotopic (exact) mass is 109 g/mol. The molecule has 0 aliphatic carbocycles. The molecule has 0 unspecified atom stereocenters. The number of nitrogens with one attached hydrogen (secondary N) is 1. The minimum atomic E-state index is -0.324. The summed E-state index contributed by atoms with van der Waals surface area (Å²) in [5, 5.41) is 12.7. The fourth-order valence-corrected chi connectivity index (χ4v) is 0.373. The van der Waals surface area contributed by atoms with E-state index in [2.05, 4.69) is 10.3 Å². The summed E-state index contributed by atoms with van der Waals surface area (Å²) in [4.78, 5) is 3.43. The molecule has 1 aliphatic heterocycles. The zero-order valence-electron chi connectivity index (χ0n) is 4.16. The van der Waals surface area contributed by atoms with Crippen molar-refractivity contribution in [3.8, 4) is 0 Å². The molecule has 1 rings (SSSR count). The largest absolute Gasteiger partial charge is 0.344 e. The topological polar surface area (TPSA) is 44.3 Å². The summed E-state index contributed by atoms with van der Waals surface area (Å²) >= 11 is 0. The summed E-state index contributed by atoms with van der Waals surface area (Å²) in [6.45, 7) is 0. The fraction of sp³-hybridized carbons (Fsp3) is 0. The van der Waals surface area contributed by atoms with Crippen molar-refractivity contribution >= 4 is 6.02 Å². The van der Waals surface area contributed by atoms with Gasteiger partial charge in [-0.15, -0.1) is 0 Å². The van der Waals surface area contributed by atoms with Crippen LogP contribution in [0.4, 0.5) is 0 Å². The first-order chi connectivity index (χ1) is 3.89. The normalized spacial score (nSPS) is 16.8. The van der Waals surface area contributed by atoms with Crippen LogP contribution in [0.1, 0.15) is 0 Å². The first-order valence-corrected chi connectivity index (χ1v) is 2.22. The molecule has 3 heteroatoms. The molecule has 3 nitrogen and oxygen atoms in total. The Labute approximate surface area is 47.1 Å². The van der Waals surface area contributed by atoms with Gasteiger partial charge in [0.25, 0.3) is 0 Å². The third kappa shape index (κ3) is 1.11. The van der Waals surface area contributed by atoms with E-state index in [1.807, 2.05) is 0 Å². The average Bonchev–Trinajstić information content (AvgIpc) is 1.94.